The van der Waals surface area contributed by atoms with Crippen molar-refractivity contribution in [2.24, 2.45) is 0 Å². The zero-order valence-electron chi connectivity index (χ0n) is 18.6. The van der Waals surface area contributed by atoms with E-state index in [4.69, 9.17) is 0 Å². The van der Waals surface area contributed by atoms with Crippen molar-refractivity contribution in [3.05, 3.63) is 52.8 Å². The molecule has 1 N–H and O–H groups in total. The maximum absolute atomic E-state index is 12.8. The van der Waals surface area contributed by atoms with Crippen LogP contribution in [0.5, 0.6) is 0 Å². The first-order chi connectivity index (χ1) is 15.1. The molecule has 1 aromatic carbocycles. The Morgan fingerprint density at radius 3 is 2.56 bits per heavy atom. The summed E-state index contributed by atoms with van der Waals surface area (Å²) in [5, 5.41) is 7.38. The molecule has 3 amide bonds. The standard InChI is InChI=1S/C22H29N5O4S/c1-15-19(16(2)27(24-15)18-9-10-32(30,31)13-18)12-25(3)14-26-21(28)20(23-22(26)29)11-17-7-5-4-6-8-17/h4-8,18,20H,9-14H2,1-3H3,(H,23,29)/t18-,20+/m1/s1. The Balaban J connectivity index is 1.41. The number of urea groups is 1. The van der Waals surface area contributed by atoms with Gasteiger partial charge in [-0.3, -0.25) is 14.4 Å². The SMILES string of the molecule is Cc1nn([C@@H]2CCS(=O)(=O)C2)c(C)c1CN(C)CN1C(=O)N[C@@H](Cc2ccccc2)C1=O. The van der Waals surface area contributed by atoms with Crippen molar-refractivity contribution in [3.8, 4) is 0 Å². The molecule has 2 fully saturated rings. The summed E-state index contributed by atoms with van der Waals surface area (Å²) in [4.78, 5) is 28.4. The van der Waals surface area contributed by atoms with Crippen LogP contribution in [0.3, 0.4) is 0 Å². The Morgan fingerprint density at radius 1 is 1.19 bits per heavy atom. The molecule has 0 radical (unpaired) electrons. The highest BCUT2D eigenvalue weighted by molar-refractivity contribution is 7.91. The molecule has 2 aliphatic heterocycles. The number of aromatic nitrogens is 2. The molecule has 9 nitrogen and oxygen atoms in total. The molecule has 32 heavy (non-hydrogen) atoms. The van der Waals surface area contributed by atoms with Gasteiger partial charge in [-0.2, -0.15) is 5.10 Å². The summed E-state index contributed by atoms with van der Waals surface area (Å²) in [5.41, 5.74) is 3.74. The van der Waals surface area contributed by atoms with Crippen molar-refractivity contribution in [3.63, 3.8) is 0 Å². The van der Waals surface area contributed by atoms with Gasteiger partial charge in [0.1, 0.15) is 6.04 Å². The topological polar surface area (TPSA) is 105 Å². The third-order valence-electron chi connectivity index (χ3n) is 6.23. The van der Waals surface area contributed by atoms with Gasteiger partial charge in [-0.05, 0) is 32.9 Å². The molecule has 2 atom stereocenters. The molecule has 0 bridgehead atoms. The fraction of sp³-hybridized carbons (Fsp3) is 0.500. The maximum atomic E-state index is 12.8. The molecule has 2 aromatic rings. The number of hydrogen-bond donors (Lipinski definition) is 1. The predicted molar refractivity (Wildman–Crippen MR) is 120 cm³/mol. The van der Waals surface area contributed by atoms with Crippen LogP contribution in [-0.4, -0.2) is 71.2 Å². The second-order valence-electron chi connectivity index (χ2n) is 8.76. The number of nitrogens with zero attached hydrogens (tertiary/aromatic N) is 4. The molecule has 1 aromatic heterocycles. The number of amides is 3. The summed E-state index contributed by atoms with van der Waals surface area (Å²) >= 11 is 0. The van der Waals surface area contributed by atoms with Crippen LogP contribution in [0, 0.1) is 13.8 Å². The summed E-state index contributed by atoms with van der Waals surface area (Å²) in [7, 11) is -1.15. The lowest BCUT2D eigenvalue weighted by Crippen LogP contribution is -2.40. The van der Waals surface area contributed by atoms with Crippen LogP contribution in [0.4, 0.5) is 4.79 Å². The monoisotopic (exact) mass is 459 g/mol. The van der Waals surface area contributed by atoms with Gasteiger partial charge >= 0.3 is 6.03 Å². The van der Waals surface area contributed by atoms with E-state index in [0.717, 1.165) is 22.5 Å². The van der Waals surface area contributed by atoms with E-state index in [1.54, 1.807) is 0 Å². The van der Waals surface area contributed by atoms with Crippen LogP contribution in [0.15, 0.2) is 30.3 Å². The van der Waals surface area contributed by atoms with Crippen LogP contribution in [0.2, 0.25) is 0 Å². The predicted octanol–water partition coefficient (Wildman–Crippen LogP) is 1.41. The number of hydrogen-bond acceptors (Lipinski definition) is 6. The molecule has 4 rings (SSSR count). The second kappa shape index (κ2) is 8.67. The molecular weight excluding hydrogens is 430 g/mol. The molecule has 0 saturated carbocycles. The molecule has 0 spiro atoms. The van der Waals surface area contributed by atoms with Crippen LogP contribution < -0.4 is 5.32 Å². The normalized spacial score (nSPS) is 22.7. The fourth-order valence-electron chi connectivity index (χ4n) is 4.51. The van der Waals surface area contributed by atoms with Crippen LogP contribution in [-0.2, 0) is 27.6 Å². The highest BCUT2D eigenvalue weighted by atomic mass is 32.2. The molecule has 0 aliphatic carbocycles. The van der Waals surface area contributed by atoms with E-state index in [1.165, 1.54) is 4.90 Å². The van der Waals surface area contributed by atoms with E-state index in [2.05, 4.69) is 10.4 Å². The summed E-state index contributed by atoms with van der Waals surface area (Å²) < 4.78 is 25.6. The lowest BCUT2D eigenvalue weighted by Gasteiger charge is -2.22. The first-order valence-corrected chi connectivity index (χ1v) is 12.6. The van der Waals surface area contributed by atoms with Crippen molar-refractivity contribution in [2.45, 2.75) is 45.3 Å². The smallest absolute Gasteiger partial charge is 0.325 e. The number of carbonyl (C=O) groups excluding carboxylic acids is 2. The average molecular weight is 460 g/mol. The Labute approximate surface area is 188 Å². The molecule has 172 valence electrons. The van der Waals surface area contributed by atoms with Crippen molar-refractivity contribution in [2.75, 3.05) is 25.2 Å². The minimum Gasteiger partial charge on any atom is -0.325 e. The van der Waals surface area contributed by atoms with Gasteiger partial charge < -0.3 is 5.32 Å². The van der Waals surface area contributed by atoms with E-state index in [9.17, 15) is 18.0 Å². The summed E-state index contributed by atoms with van der Waals surface area (Å²) in [6.07, 6.45) is 1.03. The molecular formula is C22H29N5O4S. The molecule has 10 heteroatoms. The molecule has 0 unspecified atom stereocenters. The van der Waals surface area contributed by atoms with Gasteiger partial charge in [-0.25, -0.2) is 18.1 Å². The quantitative estimate of drug-likeness (QED) is 0.628. The van der Waals surface area contributed by atoms with Gasteiger partial charge in [0.15, 0.2) is 9.84 Å². The Kier molecular flexibility index (Phi) is 6.09. The van der Waals surface area contributed by atoms with Crippen molar-refractivity contribution in [1.82, 2.24) is 24.9 Å². The van der Waals surface area contributed by atoms with Crippen molar-refractivity contribution in [1.29, 1.82) is 0 Å². The van der Waals surface area contributed by atoms with Crippen molar-refractivity contribution < 1.29 is 18.0 Å². The molecule has 2 saturated heterocycles. The summed E-state index contributed by atoms with van der Waals surface area (Å²) in [5.74, 6) is 0.0860. The van der Waals surface area contributed by atoms with E-state index in [0.29, 0.717) is 19.4 Å². The molecule has 3 heterocycles. The third-order valence-corrected chi connectivity index (χ3v) is 7.98. The van der Waals surface area contributed by atoms with E-state index < -0.39 is 15.9 Å². The number of imide groups is 1. The highest BCUT2D eigenvalue weighted by Gasteiger charge is 2.38. The Morgan fingerprint density at radius 2 is 1.91 bits per heavy atom. The van der Waals surface area contributed by atoms with Gasteiger partial charge in [-0.1, -0.05) is 30.3 Å². The molecule has 2 aliphatic rings. The first kappa shape index (κ1) is 22.5. The van der Waals surface area contributed by atoms with Gasteiger partial charge in [0.2, 0.25) is 0 Å². The zero-order chi connectivity index (χ0) is 23.0. The second-order valence-corrected chi connectivity index (χ2v) is 11.0. The van der Waals surface area contributed by atoms with E-state index in [-0.39, 0.29) is 36.2 Å². The fourth-order valence-corrected chi connectivity index (χ4v) is 6.20. The number of sulfone groups is 1. The highest BCUT2D eigenvalue weighted by Crippen LogP contribution is 2.27. The summed E-state index contributed by atoms with van der Waals surface area (Å²) in [6, 6.07) is 8.53. The lowest BCUT2D eigenvalue weighted by atomic mass is 10.1. The largest absolute Gasteiger partial charge is 0.325 e. The third kappa shape index (κ3) is 4.56. The number of carbonyl (C=O) groups is 2. The van der Waals surface area contributed by atoms with Crippen LogP contribution in [0.25, 0.3) is 0 Å². The van der Waals surface area contributed by atoms with Crippen LogP contribution in [0.1, 0.15) is 35.0 Å². The number of nitrogens with one attached hydrogen (secondary N) is 1. The number of rotatable bonds is 7. The minimum absolute atomic E-state index is 0.121. The van der Waals surface area contributed by atoms with E-state index >= 15 is 0 Å². The lowest BCUT2D eigenvalue weighted by molar-refractivity contribution is -0.128. The summed E-state index contributed by atoms with van der Waals surface area (Å²) in [6.45, 7) is 4.51. The zero-order valence-corrected chi connectivity index (χ0v) is 19.4. The van der Waals surface area contributed by atoms with Gasteiger partial charge in [0.25, 0.3) is 5.91 Å². The minimum atomic E-state index is -3.00. The maximum Gasteiger partial charge on any atom is 0.325 e. The van der Waals surface area contributed by atoms with Crippen molar-refractivity contribution >= 4 is 21.8 Å². The first-order valence-electron chi connectivity index (χ1n) is 10.7. The van der Waals surface area contributed by atoms with Gasteiger partial charge in [0.05, 0.1) is 29.9 Å². The van der Waals surface area contributed by atoms with Gasteiger partial charge in [0, 0.05) is 24.2 Å². The van der Waals surface area contributed by atoms with E-state index in [1.807, 2.05) is 60.8 Å². The Bertz CT molecular complexity index is 1130. The van der Waals surface area contributed by atoms with Gasteiger partial charge in [-0.15, -0.1) is 0 Å². The number of aryl methyl sites for hydroxylation is 1. The Hall–Kier alpha value is -2.72. The van der Waals surface area contributed by atoms with Crippen LogP contribution >= 0.6 is 0 Å². The average Bonchev–Trinajstić information content (AvgIpc) is 3.33. The number of benzene rings is 1.